The van der Waals surface area contributed by atoms with Gasteiger partial charge in [-0.2, -0.15) is 0 Å². The van der Waals surface area contributed by atoms with Gasteiger partial charge in [0.2, 0.25) is 0 Å². The summed E-state index contributed by atoms with van der Waals surface area (Å²) in [7, 11) is 0. The number of rotatable bonds is 18. The van der Waals surface area contributed by atoms with Gasteiger partial charge >= 0.3 is 35.8 Å². The van der Waals surface area contributed by atoms with Crippen molar-refractivity contribution in [2.24, 2.45) is 88.3 Å². The molecule has 18 saturated carbocycles. The molecule has 18 bridgehead atoms. The van der Waals surface area contributed by atoms with E-state index in [1.54, 1.807) is 27.7 Å². The third-order valence-electron chi connectivity index (χ3n) is 24.1. The lowest BCUT2D eigenvalue weighted by atomic mass is 9.48. The Labute approximate surface area is 535 Å². The molecule has 0 spiro atoms. The van der Waals surface area contributed by atoms with Gasteiger partial charge in [-0.15, -0.1) is 0 Å². The highest BCUT2D eigenvalue weighted by Crippen LogP contribution is 2.64. The van der Waals surface area contributed by atoms with Crippen molar-refractivity contribution in [3.8, 4) is 0 Å². The summed E-state index contributed by atoms with van der Waals surface area (Å²) in [5, 5.41) is 30.6. The van der Waals surface area contributed by atoms with Crippen LogP contribution in [0.15, 0.2) is 60.8 Å². The number of carbonyl (C=O) groups is 6. The molecule has 16 nitrogen and oxygen atoms in total. The van der Waals surface area contributed by atoms with Crippen molar-refractivity contribution in [2.75, 3.05) is 39.6 Å². The Morgan fingerprint density at radius 2 is 0.867 bits per heavy atom. The number of ether oxygens (including phenoxy) is 7. The zero-order valence-electron chi connectivity index (χ0n) is 55.1. The van der Waals surface area contributed by atoms with Crippen LogP contribution in [0.25, 0.3) is 0 Å². The third-order valence-corrected chi connectivity index (χ3v) is 24.1. The molecule has 500 valence electrons. The molecule has 3 N–H and O–H groups in total. The third kappa shape index (κ3) is 15.9. The number of hydrogen-bond acceptors (Lipinski definition) is 16. The number of aliphatic hydroxyl groups excluding tert-OH is 1. The van der Waals surface area contributed by atoms with E-state index in [1.807, 2.05) is 0 Å². The fraction of sp³-hybridized carbons (Fsp3) is 0.784. The van der Waals surface area contributed by atoms with Crippen LogP contribution in [0.1, 0.15) is 208 Å². The van der Waals surface area contributed by atoms with Crippen LogP contribution >= 0.6 is 0 Å². The van der Waals surface area contributed by atoms with Gasteiger partial charge < -0.3 is 48.5 Å². The van der Waals surface area contributed by atoms with Crippen molar-refractivity contribution < 1.29 is 77.2 Å². The smallest absolute Gasteiger partial charge is 0.344 e. The molecule has 0 aliphatic heterocycles. The minimum absolute atomic E-state index is 0.0512. The summed E-state index contributed by atoms with van der Waals surface area (Å²) in [6.07, 6.45) is 30.5. The zero-order valence-corrected chi connectivity index (χ0v) is 55.1. The van der Waals surface area contributed by atoms with Crippen LogP contribution in [0.3, 0.4) is 0 Å². The monoisotopic (exact) mass is 1250 g/mol. The van der Waals surface area contributed by atoms with Crippen molar-refractivity contribution in [2.45, 2.75) is 236 Å². The minimum atomic E-state index is -0.765. The van der Waals surface area contributed by atoms with Gasteiger partial charge in [-0.3, -0.25) is 0 Å². The lowest BCUT2D eigenvalue weighted by Gasteiger charge is -2.60. The van der Waals surface area contributed by atoms with Gasteiger partial charge in [-0.25, -0.2) is 28.8 Å². The van der Waals surface area contributed by atoms with Crippen LogP contribution in [0.4, 0.5) is 0 Å². The fourth-order valence-electron chi connectivity index (χ4n) is 21.9. The second kappa shape index (κ2) is 27.4. The van der Waals surface area contributed by atoms with Crippen LogP contribution in [-0.2, 0) is 61.9 Å². The molecule has 0 heterocycles. The van der Waals surface area contributed by atoms with Gasteiger partial charge in [0, 0.05) is 39.7 Å². The maximum Gasteiger partial charge on any atom is 0.344 e. The number of aliphatic hydroxyl groups is 3. The van der Waals surface area contributed by atoms with Crippen molar-refractivity contribution in [3.05, 3.63) is 60.8 Å². The van der Waals surface area contributed by atoms with Crippen LogP contribution in [0.2, 0.25) is 0 Å². The van der Waals surface area contributed by atoms with Gasteiger partial charge in [0.25, 0.3) is 0 Å². The molecule has 0 saturated heterocycles. The molecular formula is C74H108O16. The highest BCUT2D eigenvalue weighted by molar-refractivity contribution is 5.89. The number of esters is 6. The number of carbonyl (C=O) groups excluding carboxylic acids is 6. The van der Waals surface area contributed by atoms with E-state index >= 15 is 0 Å². The molecule has 18 aliphatic rings. The standard InChI is InChI=1S/C17H24O5.C16H24O4.C15H22O3.C14H20O2.C12H18O2/c1-11(2)15(19)21-8-14(18)22-10-16-4-12-3-13(5-16)7-17(20,6-12)9-16;1-11(2)14(18)20-16-8-12-5-13(9-16)7-15(6-12,10-16)19-4-3-17;1-9(2)14(16)18-8-15(17)12-4-10-3-11(6-12)7-13(15)5-10;1-9(2)13(15)16-14-6-10-3-11(7-14)5-12(4-10)8-14;1-8(2)12(13)14-7-11-6-9-3-4-10(11)5-9/h12-13,20H,1,3-10H2,2H3;12-13,17H,1,3-10H2,2H3;10-13,17H,1,3-8H2,2H3;10-12H,1,3-8H2,2H3;9-11H,1,3-7H2,2H3. The Morgan fingerprint density at radius 1 is 0.422 bits per heavy atom. The van der Waals surface area contributed by atoms with Gasteiger partial charge in [-0.05, 0) is 278 Å². The summed E-state index contributed by atoms with van der Waals surface area (Å²) in [5.74, 6) is 7.29. The lowest BCUT2D eigenvalue weighted by molar-refractivity contribution is -0.233. The molecule has 0 aromatic rings. The summed E-state index contributed by atoms with van der Waals surface area (Å²) in [4.78, 5) is 69.3. The van der Waals surface area contributed by atoms with E-state index in [0.717, 1.165) is 151 Å². The van der Waals surface area contributed by atoms with Crippen LogP contribution in [-0.4, -0.2) is 119 Å². The van der Waals surface area contributed by atoms with Gasteiger partial charge in [0.05, 0.1) is 37.6 Å². The van der Waals surface area contributed by atoms with E-state index < -0.39 is 23.1 Å². The van der Waals surface area contributed by atoms with Crippen molar-refractivity contribution >= 4 is 35.8 Å². The first-order valence-electron chi connectivity index (χ1n) is 34.6. The molecule has 0 amide bonds. The normalized spacial score (nSPS) is 41.0. The molecule has 90 heavy (non-hydrogen) atoms. The molecule has 0 aromatic carbocycles. The lowest BCUT2D eigenvalue weighted by Crippen LogP contribution is -2.61. The summed E-state index contributed by atoms with van der Waals surface area (Å²) >= 11 is 0. The van der Waals surface area contributed by atoms with Gasteiger partial charge in [-0.1, -0.05) is 39.3 Å². The van der Waals surface area contributed by atoms with E-state index in [2.05, 4.69) is 32.9 Å². The summed E-state index contributed by atoms with van der Waals surface area (Å²) in [5.41, 5.74) is 0.144. The topological polar surface area (TPSA) is 228 Å². The SMILES string of the molecule is C=C(C)C(=O)OC12CC3CC(CC(C3)C1)C2.C=C(C)C(=O)OC12CC3CC(CC(OCCO)(C3)C1)C2.C=C(C)C(=O)OCC(=O)OCC12CC3CC(CC(O)(C3)C1)C2.C=C(C)C(=O)OCC1(O)C2CC3CC(C2)CC1C3.C=C(C)C(=O)OCC1CC2CCC1C2. The van der Waals surface area contributed by atoms with E-state index in [0.29, 0.717) is 83.5 Å². The van der Waals surface area contributed by atoms with Gasteiger partial charge in [0.15, 0.2) is 6.61 Å². The Balaban J connectivity index is 0.000000125. The highest BCUT2D eigenvalue weighted by Gasteiger charge is 2.62. The second-order valence-electron chi connectivity index (χ2n) is 32.5. The van der Waals surface area contributed by atoms with E-state index in [1.165, 1.54) is 71.1 Å². The first-order chi connectivity index (χ1) is 42.5. The molecule has 18 fully saturated rings. The quantitative estimate of drug-likeness (QED) is 0.0658. The minimum Gasteiger partial charge on any atom is -0.463 e. The van der Waals surface area contributed by atoms with Gasteiger partial charge in [0.1, 0.15) is 23.4 Å². The molecule has 18 rings (SSSR count). The second-order valence-corrected chi connectivity index (χ2v) is 32.5. The van der Waals surface area contributed by atoms with E-state index in [4.69, 9.17) is 38.3 Å². The molecule has 0 radical (unpaired) electrons. The first-order valence-corrected chi connectivity index (χ1v) is 34.6. The molecule has 16 heteroatoms. The largest absolute Gasteiger partial charge is 0.463 e. The maximum absolute atomic E-state index is 11.9. The van der Waals surface area contributed by atoms with E-state index in [-0.39, 0.29) is 71.5 Å². The predicted octanol–water partition coefficient (Wildman–Crippen LogP) is 12.1. The molecule has 0 aromatic heterocycles. The van der Waals surface area contributed by atoms with Crippen LogP contribution < -0.4 is 0 Å². The first kappa shape index (κ1) is 68.2. The number of fused-ring (bicyclic) bond motifs is 2. The maximum atomic E-state index is 11.9. The summed E-state index contributed by atoms with van der Waals surface area (Å²) in [6, 6.07) is 0. The Morgan fingerprint density at radius 3 is 1.33 bits per heavy atom. The van der Waals surface area contributed by atoms with Crippen molar-refractivity contribution in [1.29, 1.82) is 0 Å². The van der Waals surface area contributed by atoms with E-state index in [9.17, 15) is 39.0 Å². The number of hydrogen-bond donors (Lipinski definition) is 3. The average molecular weight is 1250 g/mol. The van der Waals surface area contributed by atoms with Crippen molar-refractivity contribution in [1.82, 2.24) is 0 Å². The Kier molecular flexibility index (Phi) is 20.7. The molecular weight excluding hydrogens is 1140 g/mol. The molecule has 7 unspecified atom stereocenters. The van der Waals surface area contributed by atoms with Crippen molar-refractivity contribution in [3.63, 3.8) is 0 Å². The average Bonchev–Trinajstić information content (AvgIpc) is 0.904. The fourth-order valence-corrected chi connectivity index (χ4v) is 21.9. The summed E-state index contributed by atoms with van der Waals surface area (Å²) in [6.45, 7) is 27.4. The molecule has 18 aliphatic carbocycles. The highest BCUT2D eigenvalue weighted by atomic mass is 16.6. The Hall–Kier alpha value is -4.64. The Bertz CT molecular complexity index is 2680. The molecule has 7 atom stereocenters. The predicted molar refractivity (Wildman–Crippen MR) is 337 cm³/mol. The summed E-state index contributed by atoms with van der Waals surface area (Å²) < 4.78 is 38.2. The zero-order chi connectivity index (χ0) is 64.7. The van der Waals surface area contributed by atoms with Crippen LogP contribution in [0, 0.1) is 88.3 Å². The van der Waals surface area contributed by atoms with Crippen LogP contribution in [0.5, 0.6) is 0 Å².